The molecule has 0 bridgehead atoms. The predicted molar refractivity (Wildman–Crippen MR) is 212 cm³/mol. The lowest BCUT2D eigenvalue weighted by molar-refractivity contribution is 0.0841. The van der Waals surface area contributed by atoms with E-state index in [1.54, 1.807) is 0 Å². The highest BCUT2D eigenvalue weighted by molar-refractivity contribution is 7.80. The molecule has 50 heavy (non-hydrogen) atoms. The fourth-order valence-electron chi connectivity index (χ4n) is 6.99. The zero-order chi connectivity index (χ0) is 34.1. The highest BCUT2D eigenvalue weighted by Gasteiger charge is 2.31. The van der Waals surface area contributed by atoms with E-state index in [1.807, 2.05) is 54.6 Å². The van der Waals surface area contributed by atoms with Crippen LogP contribution in [-0.4, -0.2) is 23.1 Å². The molecule has 0 spiro atoms. The first-order chi connectivity index (χ1) is 24.7. The van der Waals surface area contributed by atoms with Crippen molar-refractivity contribution in [3.8, 4) is 0 Å². The summed E-state index contributed by atoms with van der Waals surface area (Å²) in [4.78, 5) is 14.3. The molecule has 6 aromatic rings. The molecule has 1 aliphatic carbocycles. The van der Waals surface area contributed by atoms with Crippen molar-refractivity contribution in [3.63, 3.8) is 0 Å². The van der Waals surface area contributed by atoms with Gasteiger partial charge in [-0.3, -0.25) is 10.1 Å². The molecular formula is C44H42N2O2P2. The normalized spacial score (nSPS) is 16.6. The molecule has 1 saturated carbocycles. The molecule has 1 unspecified atom stereocenters. The molecule has 1 amide bonds. The van der Waals surface area contributed by atoms with E-state index in [1.165, 1.54) is 21.2 Å². The van der Waals surface area contributed by atoms with Crippen molar-refractivity contribution in [2.45, 2.75) is 44.0 Å². The monoisotopic (exact) mass is 692 g/mol. The summed E-state index contributed by atoms with van der Waals surface area (Å²) in [7, 11) is -1.84. The van der Waals surface area contributed by atoms with Gasteiger partial charge in [-0.05, 0) is 66.6 Å². The van der Waals surface area contributed by atoms with Gasteiger partial charge in [-0.1, -0.05) is 177 Å². The van der Waals surface area contributed by atoms with Crippen molar-refractivity contribution in [2.24, 2.45) is 0 Å². The van der Waals surface area contributed by atoms with E-state index < -0.39 is 22.1 Å². The summed E-state index contributed by atoms with van der Waals surface area (Å²) in [6, 6.07) is 58.3. The number of amides is 1. The average Bonchev–Trinajstić information content (AvgIpc) is 3.18. The van der Waals surface area contributed by atoms with Crippen LogP contribution in [0.4, 0.5) is 0 Å². The van der Waals surface area contributed by atoms with Crippen LogP contribution in [-0.2, 0) is 0 Å². The van der Waals surface area contributed by atoms with E-state index in [4.69, 9.17) is 0 Å². The van der Waals surface area contributed by atoms with Crippen LogP contribution < -0.4 is 42.5 Å². The number of benzene rings is 6. The molecule has 6 heteroatoms. The smallest absolute Gasteiger partial charge is 0.252 e. The third kappa shape index (κ3) is 7.81. The van der Waals surface area contributed by atoms with E-state index in [-0.39, 0.29) is 18.0 Å². The summed E-state index contributed by atoms with van der Waals surface area (Å²) in [6.07, 6.45) is 2.92. The Morgan fingerprint density at radius 1 is 0.520 bits per heavy atom. The Labute approximate surface area is 298 Å². The maximum Gasteiger partial charge on any atom is 0.252 e. The molecule has 4 nitrogen and oxygen atoms in total. The molecule has 0 saturated heterocycles. The van der Waals surface area contributed by atoms with Gasteiger partial charge in [-0.25, -0.2) is 0 Å². The largest absolute Gasteiger partial charge is 0.374 e. The van der Waals surface area contributed by atoms with Crippen molar-refractivity contribution in [3.05, 3.63) is 181 Å². The summed E-state index contributed by atoms with van der Waals surface area (Å²) >= 11 is 0. The number of hydrogen-bond acceptors (Lipinski definition) is 3. The third-order valence-electron chi connectivity index (χ3n) is 9.37. The van der Waals surface area contributed by atoms with E-state index in [0.717, 1.165) is 41.9 Å². The Morgan fingerprint density at radius 3 is 1.44 bits per heavy atom. The van der Waals surface area contributed by atoms with Gasteiger partial charge in [-0.15, -0.1) is 0 Å². The summed E-state index contributed by atoms with van der Waals surface area (Å²) in [5.41, 5.74) is 1.58. The molecule has 7 rings (SSSR count). The van der Waals surface area contributed by atoms with Gasteiger partial charge in [0.1, 0.15) is 6.23 Å². The van der Waals surface area contributed by atoms with Crippen LogP contribution in [0.3, 0.4) is 0 Å². The Kier molecular flexibility index (Phi) is 11.2. The fraction of sp³-hybridized carbons (Fsp3) is 0.159. The Hall–Kier alpha value is -4.43. The molecule has 0 aromatic heterocycles. The molecule has 0 radical (unpaired) electrons. The van der Waals surface area contributed by atoms with Gasteiger partial charge < -0.3 is 10.4 Å². The number of aliphatic hydroxyl groups is 1. The van der Waals surface area contributed by atoms with Gasteiger partial charge in [0.05, 0.1) is 0 Å². The molecule has 3 atom stereocenters. The van der Waals surface area contributed by atoms with Gasteiger partial charge in [-0.2, -0.15) is 0 Å². The maximum absolute atomic E-state index is 14.3. The standard InChI is InChI=1S/C44H42N2O2P2/c47-43(37-27-13-17-31-41(37)49(33-19-5-1-6-20-33)34-21-7-2-8-22-34)45-39-29-15-16-30-40(39)46-44(48)38-28-14-18-32-42(38)50(35-23-9-3-10-24-35)36-25-11-4-12-26-36/h1-14,17-28,31-32,39-40,43,45,47H,15-16,29-30H2,(H,46,48)/t39-,40-,43?/m1/s1. The first kappa shape index (κ1) is 34.0. The van der Waals surface area contributed by atoms with Crippen LogP contribution in [0.2, 0.25) is 0 Å². The lowest BCUT2D eigenvalue weighted by atomic mass is 9.89. The number of hydrogen-bond donors (Lipinski definition) is 3. The van der Waals surface area contributed by atoms with Crippen LogP contribution in [0.5, 0.6) is 0 Å². The van der Waals surface area contributed by atoms with Crippen LogP contribution in [0.15, 0.2) is 170 Å². The van der Waals surface area contributed by atoms with E-state index >= 15 is 0 Å². The van der Waals surface area contributed by atoms with E-state index in [9.17, 15) is 9.90 Å². The summed E-state index contributed by atoms with van der Waals surface area (Å²) in [5, 5.41) is 26.0. The maximum atomic E-state index is 14.3. The zero-order valence-corrected chi connectivity index (χ0v) is 29.8. The minimum atomic E-state index is -0.941. The van der Waals surface area contributed by atoms with Gasteiger partial charge in [0, 0.05) is 23.2 Å². The van der Waals surface area contributed by atoms with Crippen molar-refractivity contribution >= 4 is 53.6 Å². The average molecular weight is 693 g/mol. The minimum absolute atomic E-state index is 0.0646. The van der Waals surface area contributed by atoms with Crippen LogP contribution in [0.1, 0.15) is 47.8 Å². The van der Waals surface area contributed by atoms with Crippen LogP contribution >= 0.6 is 15.8 Å². The predicted octanol–water partition coefficient (Wildman–Crippen LogP) is 6.52. The van der Waals surface area contributed by atoms with Crippen LogP contribution in [0.25, 0.3) is 0 Å². The first-order valence-corrected chi connectivity index (χ1v) is 20.1. The van der Waals surface area contributed by atoms with E-state index in [0.29, 0.717) is 5.56 Å². The van der Waals surface area contributed by atoms with Crippen LogP contribution in [0, 0.1) is 0 Å². The third-order valence-corrected chi connectivity index (χ3v) is 14.4. The zero-order valence-electron chi connectivity index (χ0n) is 28.0. The molecular weight excluding hydrogens is 650 g/mol. The Balaban J connectivity index is 1.15. The molecule has 250 valence electrons. The van der Waals surface area contributed by atoms with Crippen molar-refractivity contribution < 1.29 is 9.90 Å². The first-order valence-electron chi connectivity index (χ1n) is 17.4. The Bertz CT molecular complexity index is 1900. The second-order valence-corrected chi connectivity index (χ2v) is 17.0. The van der Waals surface area contributed by atoms with Crippen molar-refractivity contribution in [1.82, 2.24) is 10.6 Å². The van der Waals surface area contributed by atoms with Crippen molar-refractivity contribution in [1.29, 1.82) is 0 Å². The summed E-state index contributed by atoms with van der Waals surface area (Å²) < 4.78 is 0. The number of nitrogens with one attached hydrogen (secondary N) is 2. The topological polar surface area (TPSA) is 61.4 Å². The number of carbonyl (C=O) groups excluding carboxylic acids is 1. The SMILES string of the molecule is O=C(N[C@@H]1CCCC[C@H]1NC(O)c1ccccc1P(c1ccccc1)c1ccccc1)c1ccccc1P(c1ccccc1)c1ccccc1. The quantitative estimate of drug-likeness (QED) is 0.107. The Morgan fingerprint density at radius 2 is 0.920 bits per heavy atom. The molecule has 1 aliphatic rings. The molecule has 6 aromatic carbocycles. The number of carbonyl (C=O) groups is 1. The van der Waals surface area contributed by atoms with Gasteiger partial charge in [0.2, 0.25) is 0 Å². The molecule has 0 aliphatic heterocycles. The second-order valence-electron chi connectivity index (χ2n) is 12.6. The number of aliphatic hydroxyl groups excluding tert-OH is 1. The lowest BCUT2D eigenvalue weighted by Gasteiger charge is -2.35. The highest BCUT2D eigenvalue weighted by Crippen LogP contribution is 2.36. The molecule has 1 fully saturated rings. The minimum Gasteiger partial charge on any atom is -0.374 e. The van der Waals surface area contributed by atoms with Gasteiger partial charge >= 0.3 is 0 Å². The highest BCUT2D eigenvalue weighted by atomic mass is 31.1. The van der Waals surface area contributed by atoms with Crippen molar-refractivity contribution in [2.75, 3.05) is 0 Å². The van der Waals surface area contributed by atoms with Gasteiger partial charge in [0.15, 0.2) is 0 Å². The summed E-state index contributed by atoms with van der Waals surface area (Å²) in [6.45, 7) is 0. The molecule has 0 heterocycles. The second kappa shape index (κ2) is 16.5. The van der Waals surface area contributed by atoms with E-state index in [2.05, 4.69) is 126 Å². The lowest BCUT2D eigenvalue weighted by Crippen LogP contribution is -2.53. The summed E-state index contributed by atoms with van der Waals surface area (Å²) in [5.74, 6) is -0.0646. The van der Waals surface area contributed by atoms with Gasteiger partial charge in [0.25, 0.3) is 5.91 Å². The fourth-order valence-corrected chi connectivity index (χ4v) is 11.9. The molecule has 3 N–H and O–H groups in total. The number of rotatable bonds is 11.